The van der Waals surface area contributed by atoms with Gasteiger partial charge in [0, 0.05) is 12.1 Å². The number of nitrogens with zero attached hydrogens (tertiary/aromatic N) is 3. The largest absolute Gasteiger partial charge is 0.465 e. The predicted molar refractivity (Wildman–Crippen MR) is 115 cm³/mol. The molecule has 0 N–H and O–H groups in total. The number of carbonyl (C=O) groups excluding carboxylic acids is 1. The van der Waals surface area contributed by atoms with Crippen LogP contribution in [-0.2, 0) is 9.53 Å². The van der Waals surface area contributed by atoms with Gasteiger partial charge in [-0.25, -0.2) is 4.98 Å². The molecule has 3 aromatic rings. The summed E-state index contributed by atoms with van der Waals surface area (Å²) in [5, 5.41) is 11.2. The van der Waals surface area contributed by atoms with Gasteiger partial charge in [-0.1, -0.05) is 37.2 Å². The fourth-order valence-electron chi connectivity index (χ4n) is 2.99. The lowest BCUT2D eigenvalue weighted by Gasteiger charge is -2.18. The number of ether oxygens (including phenoxy) is 1. The third-order valence-electron chi connectivity index (χ3n) is 4.41. The summed E-state index contributed by atoms with van der Waals surface area (Å²) in [6.07, 6.45) is 1.32. The van der Waals surface area contributed by atoms with E-state index in [2.05, 4.69) is 4.98 Å². The van der Waals surface area contributed by atoms with Crippen molar-refractivity contribution < 1.29 is 14.5 Å². The van der Waals surface area contributed by atoms with Crippen molar-refractivity contribution in [3.63, 3.8) is 0 Å². The van der Waals surface area contributed by atoms with E-state index in [9.17, 15) is 19.7 Å². The molecule has 1 aromatic heterocycles. The van der Waals surface area contributed by atoms with E-state index in [0.717, 1.165) is 6.42 Å². The van der Waals surface area contributed by atoms with Crippen LogP contribution in [-0.4, -0.2) is 32.3 Å². The van der Waals surface area contributed by atoms with E-state index < -0.39 is 10.2 Å². The van der Waals surface area contributed by atoms with Gasteiger partial charge in [-0.05, 0) is 37.6 Å². The number of nitro groups is 1. The van der Waals surface area contributed by atoms with Crippen molar-refractivity contribution >= 4 is 34.3 Å². The Bertz CT molecular complexity index is 1130. The van der Waals surface area contributed by atoms with E-state index >= 15 is 0 Å². The van der Waals surface area contributed by atoms with E-state index in [0.29, 0.717) is 28.2 Å². The molecule has 0 aliphatic heterocycles. The molecular weight excluding hydrogens is 406 g/mol. The molecule has 0 saturated carbocycles. The maximum absolute atomic E-state index is 13.3. The fourth-order valence-corrected chi connectivity index (χ4v) is 4.21. The number of hydrogen-bond donors (Lipinski definition) is 0. The first-order valence-electron chi connectivity index (χ1n) is 9.56. The average molecular weight is 427 g/mol. The average Bonchev–Trinajstić information content (AvgIpc) is 2.74. The summed E-state index contributed by atoms with van der Waals surface area (Å²) in [5.41, 5.74) is 0.564. The number of aromatic nitrogens is 2. The normalized spacial score (nSPS) is 11.9. The molecule has 30 heavy (non-hydrogen) atoms. The van der Waals surface area contributed by atoms with Crippen LogP contribution in [0.5, 0.6) is 0 Å². The van der Waals surface area contributed by atoms with E-state index in [4.69, 9.17) is 4.74 Å². The molecule has 0 amide bonds. The van der Waals surface area contributed by atoms with Gasteiger partial charge in [0.1, 0.15) is 5.25 Å². The highest BCUT2D eigenvalue weighted by Crippen LogP contribution is 2.29. The molecule has 0 aliphatic rings. The predicted octanol–water partition coefficient (Wildman–Crippen LogP) is 4.12. The first kappa shape index (κ1) is 21.5. The van der Waals surface area contributed by atoms with E-state index in [1.165, 1.54) is 40.6 Å². The number of benzene rings is 2. The minimum atomic E-state index is -0.521. The molecule has 0 radical (unpaired) electrons. The highest BCUT2D eigenvalue weighted by atomic mass is 32.2. The number of nitro benzene ring substituents is 1. The topological polar surface area (TPSA) is 104 Å². The van der Waals surface area contributed by atoms with Crippen molar-refractivity contribution in [2.75, 3.05) is 6.61 Å². The number of hydrogen-bond acceptors (Lipinski definition) is 7. The van der Waals surface area contributed by atoms with Crippen molar-refractivity contribution in [3.05, 3.63) is 69.0 Å². The molecule has 2 aromatic carbocycles. The Morgan fingerprint density at radius 1 is 1.20 bits per heavy atom. The van der Waals surface area contributed by atoms with E-state index in [-0.39, 0.29) is 23.8 Å². The third-order valence-corrected chi connectivity index (χ3v) is 5.61. The van der Waals surface area contributed by atoms with E-state index in [1.54, 1.807) is 31.2 Å². The lowest BCUT2D eigenvalue weighted by Crippen LogP contribution is -2.25. The van der Waals surface area contributed by atoms with Gasteiger partial charge in [0.05, 0.1) is 28.1 Å². The van der Waals surface area contributed by atoms with Crippen molar-refractivity contribution in [2.24, 2.45) is 0 Å². The molecule has 0 fully saturated rings. The SMILES string of the molecule is CCC[C@H](Sc1nc2ccccc2c(=O)n1-c1ccc([N+](=O)[O-])cc1)C(=O)OCC. The zero-order chi connectivity index (χ0) is 21.7. The highest BCUT2D eigenvalue weighted by Gasteiger charge is 2.24. The summed E-state index contributed by atoms with van der Waals surface area (Å²) < 4.78 is 6.57. The zero-order valence-electron chi connectivity index (χ0n) is 16.6. The molecule has 9 heteroatoms. The van der Waals surface area contributed by atoms with Gasteiger partial charge in [0.15, 0.2) is 5.16 Å². The molecular formula is C21H21N3O5S. The molecule has 8 nitrogen and oxygen atoms in total. The summed E-state index contributed by atoms with van der Waals surface area (Å²) >= 11 is 1.17. The molecule has 0 bridgehead atoms. The highest BCUT2D eigenvalue weighted by molar-refractivity contribution is 8.00. The van der Waals surface area contributed by atoms with Gasteiger partial charge >= 0.3 is 5.97 Å². The first-order valence-corrected chi connectivity index (χ1v) is 10.4. The van der Waals surface area contributed by atoms with Crippen LogP contribution in [0.2, 0.25) is 0 Å². The lowest BCUT2D eigenvalue weighted by molar-refractivity contribution is -0.384. The third kappa shape index (κ3) is 4.51. The molecule has 0 aliphatic carbocycles. The summed E-state index contributed by atoms with van der Waals surface area (Å²) in [5.74, 6) is -0.359. The molecule has 0 saturated heterocycles. The fraction of sp³-hybridized carbons (Fsp3) is 0.286. The van der Waals surface area contributed by atoms with Gasteiger partial charge < -0.3 is 4.74 Å². The lowest BCUT2D eigenvalue weighted by atomic mass is 10.2. The van der Waals surface area contributed by atoms with Crippen LogP contribution in [0.15, 0.2) is 58.5 Å². The minimum absolute atomic E-state index is 0.0786. The number of non-ortho nitro benzene ring substituents is 1. The van der Waals surface area contributed by atoms with Gasteiger partial charge in [-0.15, -0.1) is 0 Å². The van der Waals surface area contributed by atoms with Crippen LogP contribution in [0, 0.1) is 10.1 Å². The van der Waals surface area contributed by atoms with Gasteiger partial charge in [-0.2, -0.15) is 0 Å². The van der Waals surface area contributed by atoms with Crippen LogP contribution < -0.4 is 5.56 Å². The second kappa shape index (κ2) is 9.53. The Labute approximate surface area is 177 Å². The Morgan fingerprint density at radius 2 is 1.90 bits per heavy atom. The number of para-hydroxylation sites is 1. The van der Waals surface area contributed by atoms with Crippen LogP contribution >= 0.6 is 11.8 Å². The van der Waals surface area contributed by atoms with Crippen LogP contribution in [0.3, 0.4) is 0 Å². The van der Waals surface area contributed by atoms with E-state index in [1.807, 2.05) is 6.92 Å². The second-order valence-corrected chi connectivity index (χ2v) is 7.64. The molecule has 156 valence electrons. The van der Waals surface area contributed by atoms with Crippen LogP contribution in [0.1, 0.15) is 26.7 Å². The second-order valence-electron chi connectivity index (χ2n) is 6.47. The Balaban J connectivity index is 2.16. The number of thioether (sulfide) groups is 1. The summed E-state index contributed by atoms with van der Waals surface area (Å²) in [7, 11) is 0. The first-order chi connectivity index (χ1) is 14.5. The number of rotatable bonds is 8. The van der Waals surface area contributed by atoms with Crippen LogP contribution in [0.4, 0.5) is 5.69 Å². The van der Waals surface area contributed by atoms with Crippen LogP contribution in [0.25, 0.3) is 16.6 Å². The van der Waals surface area contributed by atoms with Gasteiger partial charge in [0.2, 0.25) is 0 Å². The standard InChI is InChI=1S/C21H21N3O5S/c1-3-7-18(20(26)29-4-2)30-21-22-17-9-6-5-8-16(17)19(25)23(21)14-10-12-15(13-11-14)24(27)28/h5-6,8-13,18H,3-4,7H2,1-2H3/t18-/m0/s1. The molecule has 1 atom stereocenters. The van der Waals surface area contributed by atoms with Crippen molar-refractivity contribution in [2.45, 2.75) is 37.1 Å². The zero-order valence-corrected chi connectivity index (χ0v) is 17.4. The van der Waals surface area contributed by atoms with Crippen molar-refractivity contribution in [1.29, 1.82) is 0 Å². The molecule has 0 unspecified atom stereocenters. The van der Waals surface area contributed by atoms with Gasteiger partial charge in [0.25, 0.3) is 11.2 Å². The number of esters is 1. The van der Waals surface area contributed by atoms with Gasteiger partial charge in [-0.3, -0.25) is 24.3 Å². The summed E-state index contributed by atoms with van der Waals surface area (Å²) in [6.45, 7) is 3.97. The maximum Gasteiger partial charge on any atom is 0.319 e. The monoisotopic (exact) mass is 427 g/mol. The Hall–Kier alpha value is -3.20. The number of carbonyl (C=O) groups is 1. The quantitative estimate of drug-likeness (QED) is 0.175. The van der Waals surface area contributed by atoms with Crippen molar-refractivity contribution in [3.8, 4) is 5.69 Å². The molecule has 0 spiro atoms. The smallest absolute Gasteiger partial charge is 0.319 e. The Morgan fingerprint density at radius 3 is 2.53 bits per heavy atom. The number of fused-ring (bicyclic) bond motifs is 1. The maximum atomic E-state index is 13.3. The summed E-state index contributed by atoms with van der Waals surface area (Å²) in [4.78, 5) is 40.8. The molecule has 1 heterocycles. The summed E-state index contributed by atoms with van der Waals surface area (Å²) in [6, 6.07) is 12.6. The minimum Gasteiger partial charge on any atom is -0.465 e. The molecule has 3 rings (SSSR count). The Kier molecular flexibility index (Phi) is 6.83. The van der Waals surface area contributed by atoms with Crippen molar-refractivity contribution in [1.82, 2.24) is 9.55 Å².